The van der Waals surface area contributed by atoms with E-state index in [1.54, 1.807) is 4.90 Å². The fourth-order valence-electron chi connectivity index (χ4n) is 5.11. The van der Waals surface area contributed by atoms with Crippen LogP contribution in [0.5, 0.6) is 0 Å². The standard InChI is InChI=1S/C26H26N6O3/c1-17-27-14-22-8-7-19(15-31(17)22)24-28-25(35-29-24)18-9-11-30(12-10-18)26(34)20-13-23(33)32(16-20)21-5-3-2-4-6-21/h2-8,14-15,18,20H,9-13,16H2,1H3. The summed E-state index contributed by atoms with van der Waals surface area (Å²) in [6.45, 7) is 3.64. The Balaban J connectivity index is 1.09. The van der Waals surface area contributed by atoms with E-state index in [1.807, 2.05) is 71.1 Å². The summed E-state index contributed by atoms with van der Waals surface area (Å²) >= 11 is 0. The highest BCUT2D eigenvalue weighted by Gasteiger charge is 2.38. The summed E-state index contributed by atoms with van der Waals surface area (Å²) in [5.41, 5.74) is 2.74. The van der Waals surface area contributed by atoms with Crippen molar-refractivity contribution in [3.63, 3.8) is 0 Å². The largest absolute Gasteiger partial charge is 0.342 e. The molecule has 3 aromatic heterocycles. The molecule has 5 heterocycles. The minimum atomic E-state index is -0.296. The second-order valence-electron chi connectivity index (χ2n) is 9.31. The Bertz CT molecular complexity index is 1390. The molecule has 1 atom stereocenters. The molecule has 0 spiro atoms. The zero-order chi connectivity index (χ0) is 23.9. The third kappa shape index (κ3) is 3.96. The summed E-state index contributed by atoms with van der Waals surface area (Å²) in [6.07, 6.45) is 5.58. The van der Waals surface area contributed by atoms with E-state index in [-0.39, 0.29) is 30.1 Å². The average molecular weight is 471 g/mol. The Kier molecular flexibility index (Phi) is 5.32. The van der Waals surface area contributed by atoms with Crippen LogP contribution in [-0.4, -0.2) is 55.9 Å². The summed E-state index contributed by atoms with van der Waals surface area (Å²) in [7, 11) is 0. The second kappa shape index (κ2) is 8.65. The molecular weight excluding hydrogens is 444 g/mol. The van der Waals surface area contributed by atoms with Crippen LogP contribution in [0.2, 0.25) is 0 Å². The van der Waals surface area contributed by atoms with Crippen LogP contribution in [0, 0.1) is 12.8 Å². The molecule has 178 valence electrons. The van der Waals surface area contributed by atoms with E-state index in [4.69, 9.17) is 4.52 Å². The number of hydrogen-bond donors (Lipinski definition) is 0. The van der Waals surface area contributed by atoms with E-state index in [0.29, 0.717) is 31.3 Å². The van der Waals surface area contributed by atoms with Gasteiger partial charge < -0.3 is 18.7 Å². The predicted molar refractivity (Wildman–Crippen MR) is 129 cm³/mol. The lowest BCUT2D eigenvalue weighted by atomic mass is 9.95. The summed E-state index contributed by atoms with van der Waals surface area (Å²) in [5, 5.41) is 4.20. The molecule has 0 radical (unpaired) electrons. The van der Waals surface area contributed by atoms with Gasteiger partial charge in [0.1, 0.15) is 5.82 Å². The van der Waals surface area contributed by atoms with Crippen LogP contribution < -0.4 is 4.90 Å². The molecule has 0 saturated carbocycles. The van der Waals surface area contributed by atoms with Crippen LogP contribution >= 0.6 is 0 Å². The topological polar surface area (TPSA) is 96.8 Å². The molecule has 2 aliphatic heterocycles. The highest BCUT2D eigenvalue weighted by Crippen LogP contribution is 2.31. The number of carbonyl (C=O) groups is 2. The lowest BCUT2D eigenvalue weighted by Crippen LogP contribution is -2.42. The summed E-state index contributed by atoms with van der Waals surface area (Å²) in [4.78, 5) is 38.3. The number of para-hydroxylation sites is 1. The Morgan fingerprint density at radius 3 is 2.69 bits per heavy atom. The Morgan fingerprint density at radius 1 is 1.09 bits per heavy atom. The number of amides is 2. The van der Waals surface area contributed by atoms with E-state index in [2.05, 4.69) is 15.1 Å². The fraction of sp³-hybridized carbons (Fsp3) is 0.346. The van der Waals surface area contributed by atoms with Gasteiger partial charge >= 0.3 is 0 Å². The summed E-state index contributed by atoms with van der Waals surface area (Å²) in [6, 6.07) is 13.5. The highest BCUT2D eigenvalue weighted by atomic mass is 16.5. The van der Waals surface area contributed by atoms with Crippen LogP contribution in [0.4, 0.5) is 5.69 Å². The van der Waals surface area contributed by atoms with Crippen molar-refractivity contribution in [1.82, 2.24) is 24.4 Å². The molecule has 9 nitrogen and oxygen atoms in total. The molecule has 0 bridgehead atoms. The number of pyridine rings is 1. The van der Waals surface area contributed by atoms with Gasteiger partial charge in [0.25, 0.3) is 0 Å². The van der Waals surface area contributed by atoms with Crippen molar-refractivity contribution in [1.29, 1.82) is 0 Å². The van der Waals surface area contributed by atoms with E-state index in [0.717, 1.165) is 35.4 Å². The number of aryl methyl sites for hydroxylation is 1. The first-order valence-electron chi connectivity index (χ1n) is 12.0. The number of imidazole rings is 1. The van der Waals surface area contributed by atoms with Gasteiger partial charge in [-0.25, -0.2) is 4.98 Å². The lowest BCUT2D eigenvalue weighted by Gasteiger charge is -2.32. The van der Waals surface area contributed by atoms with Crippen LogP contribution in [0.25, 0.3) is 16.9 Å². The monoisotopic (exact) mass is 470 g/mol. The minimum absolute atomic E-state index is 0.00639. The number of piperidine rings is 1. The van der Waals surface area contributed by atoms with Gasteiger partial charge in [0.2, 0.25) is 23.5 Å². The lowest BCUT2D eigenvalue weighted by molar-refractivity contribution is -0.136. The number of aromatic nitrogens is 4. The second-order valence-corrected chi connectivity index (χ2v) is 9.31. The summed E-state index contributed by atoms with van der Waals surface area (Å²) in [5.74, 6) is 1.96. The molecule has 6 rings (SSSR count). The molecule has 35 heavy (non-hydrogen) atoms. The van der Waals surface area contributed by atoms with Gasteiger partial charge in [-0.05, 0) is 44.0 Å². The average Bonchev–Trinajstić information content (AvgIpc) is 3.63. The van der Waals surface area contributed by atoms with Gasteiger partial charge in [-0.15, -0.1) is 0 Å². The quantitative estimate of drug-likeness (QED) is 0.453. The Labute approximate surface area is 202 Å². The molecule has 0 aliphatic carbocycles. The molecule has 2 saturated heterocycles. The first-order valence-corrected chi connectivity index (χ1v) is 12.0. The third-order valence-corrected chi connectivity index (χ3v) is 7.11. The summed E-state index contributed by atoms with van der Waals surface area (Å²) < 4.78 is 7.62. The van der Waals surface area contributed by atoms with Crippen LogP contribution in [-0.2, 0) is 9.59 Å². The molecule has 4 aromatic rings. The van der Waals surface area contributed by atoms with Gasteiger partial charge in [-0.2, -0.15) is 4.98 Å². The number of likely N-dealkylation sites (tertiary alicyclic amines) is 1. The number of anilines is 1. The highest BCUT2D eigenvalue weighted by molar-refractivity contribution is 6.00. The zero-order valence-corrected chi connectivity index (χ0v) is 19.5. The maximum Gasteiger partial charge on any atom is 0.230 e. The maximum atomic E-state index is 13.2. The Hall–Kier alpha value is -4.01. The van der Waals surface area contributed by atoms with Gasteiger partial charge in [-0.3, -0.25) is 9.59 Å². The molecule has 0 N–H and O–H groups in total. The SMILES string of the molecule is Cc1ncc2ccc(-c3noc(C4CCN(C(=O)C5CC(=O)N(c6ccccc6)C5)CC4)n3)cn12. The van der Waals surface area contributed by atoms with Crippen LogP contribution in [0.3, 0.4) is 0 Å². The molecule has 2 amide bonds. The van der Waals surface area contributed by atoms with Gasteiger partial charge in [0.15, 0.2) is 0 Å². The molecule has 2 fully saturated rings. The van der Waals surface area contributed by atoms with E-state index < -0.39 is 0 Å². The molecule has 2 aliphatic rings. The maximum absolute atomic E-state index is 13.2. The van der Waals surface area contributed by atoms with Crippen LogP contribution in [0.15, 0.2) is 59.4 Å². The molecule has 9 heteroatoms. The van der Waals surface area contributed by atoms with Crippen molar-refractivity contribution in [3.8, 4) is 11.4 Å². The van der Waals surface area contributed by atoms with Gasteiger partial charge in [0.05, 0.1) is 17.6 Å². The van der Waals surface area contributed by atoms with Crippen LogP contribution in [0.1, 0.15) is 36.9 Å². The fourth-order valence-corrected chi connectivity index (χ4v) is 5.11. The molecule has 1 aromatic carbocycles. The third-order valence-electron chi connectivity index (χ3n) is 7.11. The molecular formula is C26H26N6O3. The first kappa shape index (κ1) is 21.5. The minimum Gasteiger partial charge on any atom is -0.342 e. The number of nitrogens with zero attached hydrogens (tertiary/aromatic N) is 6. The number of rotatable bonds is 4. The first-order chi connectivity index (χ1) is 17.1. The number of fused-ring (bicyclic) bond motifs is 1. The van der Waals surface area contributed by atoms with E-state index in [9.17, 15) is 9.59 Å². The predicted octanol–water partition coefficient (Wildman–Crippen LogP) is 3.45. The normalized spacial score (nSPS) is 19.1. The van der Waals surface area contributed by atoms with Gasteiger partial charge in [-0.1, -0.05) is 23.4 Å². The van der Waals surface area contributed by atoms with Crippen molar-refractivity contribution in [2.45, 2.75) is 32.1 Å². The van der Waals surface area contributed by atoms with Crippen molar-refractivity contribution in [2.24, 2.45) is 5.92 Å². The van der Waals surface area contributed by atoms with Gasteiger partial charge in [0, 0.05) is 49.4 Å². The van der Waals surface area contributed by atoms with Crippen molar-refractivity contribution < 1.29 is 14.1 Å². The Morgan fingerprint density at radius 2 is 1.89 bits per heavy atom. The smallest absolute Gasteiger partial charge is 0.230 e. The van der Waals surface area contributed by atoms with E-state index in [1.165, 1.54) is 0 Å². The zero-order valence-electron chi connectivity index (χ0n) is 19.5. The molecule has 1 unspecified atom stereocenters. The van der Waals surface area contributed by atoms with Crippen molar-refractivity contribution in [3.05, 3.63) is 66.6 Å². The van der Waals surface area contributed by atoms with E-state index >= 15 is 0 Å². The number of hydrogen-bond acceptors (Lipinski definition) is 6. The number of benzene rings is 1. The van der Waals surface area contributed by atoms with Crippen molar-refractivity contribution >= 4 is 23.0 Å². The number of carbonyl (C=O) groups excluding carboxylic acids is 2. The van der Waals surface area contributed by atoms with Crippen molar-refractivity contribution in [2.75, 3.05) is 24.5 Å².